The van der Waals surface area contributed by atoms with E-state index in [1.807, 2.05) is 30.3 Å². The van der Waals surface area contributed by atoms with Crippen molar-refractivity contribution in [2.45, 2.75) is 0 Å². The van der Waals surface area contributed by atoms with Crippen LogP contribution in [0, 0.1) is 11.3 Å². The van der Waals surface area contributed by atoms with E-state index in [-0.39, 0.29) is 5.56 Å². The van der Waals surface area contributed by atoms with Gasteiger partial charge < -0.3 is 5.32 Å². The first-order valence-corrected chi connectivity index (χ1v) is 8.90. The zero-order valence-corrected chi connectivity index (χ0v) is 14.9. The lowest BCUT2D eigenvalue weighted by Crippen LogP contribution is -2.16. The molecule has 0 atom stereocenters. The number of hydrogen-bond donors (Lipinski definition) is 1. The van der Waals surface area contributed by atoms with Gasteiger partial charge in [0.25, 0.3) is 5.56 Å². The van der Waals surface area contributed by atoms with Gasteiger partial charge in [-0.2, -0.15) is 5.26 Å². The molecule has 0 amide bonds. The van der Waals surface area contributed by atoms with Crippen molar-refractivity contribution in [1.29, 1.82) is 5.26 Å². The molecule has 7 heteroatoms. The van der Waals surface area contributed by atoms with Crippen molar-refractivity contribution >= 4 is 44.7 Å². The second kappa shape index (κ2) is 6.64. The first-order chi connectivity index (χ1) is 12.7. The molecule has 0 aliphatic carbocycles. The van der Waals surface area contributed by atoms with Gasteiger partial charge in [0.05, 0.1) is 11.4 Å². The van der Waals surface area contributed by atoms with Crippen LogP contribution in [0.3, 0.4) is 0 Å². The molecular formula is C19H11ClN4OS. The molecule has 4 rings (SSSR count). The average Bonchev–Trinajstić information content (AvgIpc) is 3.00. The number of anilines is 2. The third-order valence-electron chi connectivity index (χ3n) is 3.83. The Labute approximate surface area is 157 Å². The van der Waals surface area contributed by atoms with Crippen molar-refractivity contribution in [3.05, 3.63) is 81.0 Å². The van der Waals surface area contributed by atoms with E-state index in [4.69, 9.17) is 11.6 Å². The highest BCUT2D eigenvalue weighted by molar-refractivity contribution is 7.20. The first-order valence-electron chi connectivity index (χ1n) is 7.71. The van der Waals surface area contributed by atoms with Gasteiger partial charge in [-0.25, -0.2) is 4.98 Å². The molecule has 0 aliphatic heterocycles. The normalized spacial score (nSPS) is 10.6. The van der Waals surface area contributed by atoms with Crippen molar-refractivity contribution in [2.24, 2.45) is 0 Å². The maximum atomic E-state index is 12.5. The van der Waals surface area contributed by atoms with Gasteiger partial charge in [-0.15, -0.1) is 11.3 Å². The summed E-state index contributed by atoms with van der Waals surface area (Å²) in [7, 11) is 0. The SMILES string of the molecule is N#Cc1sc2c(ccc(=O)n2-c2ccccc2)c1Nc1cccc(Cl)n1. The van der Waals surface area contributed by atoms with Crippen LogP contribution >= 0.6 is 22.9 Å². The Hall–Kier alpha value is -3.14. The molecule has 0 unspecified atom stereocenters. The number of nitrogens with zero attached hydrogens (tertiary/aromatic N) is 3. The summed E-state index contributed by atoms with van der Waals surface area (Å²) in [6.45, 7) is 0. The minimum atomic E-state index is -0.151. The molecule has 1 aromatic carbocycles. The van der Waals surface area contributed by atoms with Crippen molar-refractivity contribution < 1.29 is 0 Å². The molecule has 0 bridgehead atoms. The quantitative estimate of drug-likeness (QED) is 0.524. The highest BCUT2D eigenvalue weighted by atomic mass is 35.5. The van der Waals surface area contributed by atoms with Gasteiger partial charge in [-0.1, -0.05) is 35.9 Å². The van der Waals surface area contributed by atoms with Gasteiger partial charge >= 0.3 is 0 Å². The number of nitrogens with one attached hydrogen (secondary N) is 1. The van der Waals surface area contributed by atoms with Crippen molar-refractivity contribution in [2.75, 3.05) is 5.32 Å². The molecule has 0 saturated heterocycles. The number of pyridine rings is 2. The number of para-hydroxylation sites is 1. The second-order valence-corrected chi connectivity index (χ2v) is 6.84. The zero-order valence-electron chi connectivity index (χ0n) is 13.3. The average molecular weight is 379 g/mol. The fraction of sp³-hybridized carbons (Fsp3) is 0. The number of benzene rings is 1. The minimum Gasteiger partial charge on any atom is -0.338 e. The van der Waals surface area contributed by atoms with Crippen LogP contribution in [0.1, 0.15) is 4.88 Å². The molecule has 0 saturated carbocycles. The topological polar surface area (TPSA) is 70.7 Å². The van der Waals surface area contributed by atoms with Crippen LogP contribution < -0.4 is 10.9 Å². The van der Waals surface area contributed by atoms with Gasteiger partial charge in [0.2, 0.25) is 0 Å². The van der Waals surface area contributed by atoms with E-state index >= 15 is 0 Å². The van der Waals surface area contributed by atoms with E-state index < -0.39 is 0 Å². The number of thiophene rings is 1. The lowest BCUT2D eigenvalue weighted by Gasteiger charge is -2.08. The molecule has 0 spiro atoms. The van der Waals surface area contributed by atoms with Gasteiger partial charge in [0.1, 0.15) is 26.7 Å². The zero-order chi connectivity index (χ0) is 18.1. The summed E-state index contributed by atoms with van der Waals surface area (Å²) in [6.07, 6.45) is 0. The van der Waals surface area contributed by atoms with Gasteiger partial charge in [-0.05, 0) is 30.3 Å². The minimum absolute atomic E-state index is 0.151. The van der Waals surface area contributed by atoms with E-state index in [2.05, 4.69) is 16.4 Å². The van der Waals surface area contributed by atoms with Crippen molar-refractivity contribution in [3.8, 4) is 11.8 Å². The number of nitriles is 1. The molecule has 0 fully saturated rings. The van der Waals surface area contributed by atoms with Crippen LogP contribution in [-0.2, 0) is 0 Å². The lowest BCUT2D eigenvalue weighted by molar-refractivity contribution is 1.06. The number of fused-ring (bicyclic) bond motifs is 1. The summed E-state index contributed by atoms with van der Waals surface area (Å²) in [5.74, 6) is 0.533. The molecule has 0 radical (unpaired) electrons. The Kier molecular flexibility index (Phi) is 4.17. The summed E-state index contributed by atoms with van der Waals surface area (Å²) >= 11 is 7.21. The molecule has 0 aliphatic rings. The van der Waals surface area contributed by atoms with E-state index in [1.54, 1.807) is 28.8 Å². The Morgan fingerprint density at radius 2 is 1.88 bits per heavy atom. The predicted molar refractivity (Wildman–Crippen MR) is 105 cm³/mol. The Bertz CT molecular complexity index is 1210. The van der Waals surface area contributed by atoms with Crippen LogP contribution in [0.2, 0.25) is 5.15 Å². The molecule has 126 valence electrons. The van der Waals surface area contributed by atoms with E-state index in [0.29, 0.717) is 26.4 Å². The molecule has 1 N–H and O–H groups in total. The number of halogens is 1. The molecule has 3 heterocycles. The van der Waals surface area contributed by atoms with Gasteiger partial charge in [0.15, 0.2) is 0 Å². The van der Waals surface area contributed by atoms with Crippen LogP contribution in [0.5, 0.6) is 0 Å². The Morgan fingerprint density at radius 1 is 1.08 bits per heavy atom. The van der Waals surface area contributed by atoms with E-state index in [9.17, 15) is 10.1 Å². The summed E-state index contributed by atoms with van der Waals surface area (Å²) in [4.78, 5) is 17.9. The van der Waals surface area contributed by atoms with Crippen LogP contribution in [0.15, 0.2) is 65.5 Å². The fourth-order valence-electron chi connectivity index (χ4n) is 2.71. The summed E-state index contributed by atoms with van der Waals surface area (Å²) in [6, 6.07) is 20.0. The summed E-state index contributed by atoms with van der Waals surface area (Å²) in [5, 5.41) is 13.9. The van der Waals surface area contributed by atoms with Crippen molar-refractivity contribution in [1.82, 2.24) is 9.55 Å². The second-order valence-electron chi connectivity index (χ2n) is 5.45. The molecule has 3 aromatic heterocycles. The maximum Gasteiger partial charge on any atom is 0.256 e. The summed E-state index contributed by atoms with van der Waals surface area (Å²) < 4.78 is 1.61. The predicted octanol–water partition coefficient (Wildman–Crippen LogP) is 4.72. The Morgan fingerprint density at radius 3 is 2.62 bits per heavy atom. The standard InChI is InChI=1S/C19H11ClN4OS/c20-15-7-4-8-16(22-15)23-18-13-9-10-17(25)24(12-5-2-1-3-6-12)19(13)26-14(18)11-21/h1-10H,(H,22,23). The molecular weight excluding hydrogens is 368 g/mol. The monoisotopic (exact) mass is 378 g/mol. The lowest BCUT2D eigenvalue weighted by atomic mass is 10.2. The number of hydrogen-bond acceptors (Lipinski definition) is 5. The third kappa shape index (κ3) is 2.84. The number of rotatable bonds is 3. The van der Waals surface area contributed by atoms with Gasteiger partial charge in [0, 0.05) is 11.5 Å². The first kappa shape index (κ1) is 16.3. The maximum absolute atomic E-state index is 12.5. The van der Waals surface area contributed by atoms with E-state index in [1.165, 1.54) is 17.4 Å². The van der Waals surface area contributed by atoms with Crippen LogP contribution in [-0.4, -0.2) is 9.55 Å². The van der Waals surface area contributed by atoms with Gasteiger partial charge in [-0.3, -0.25) is 9.36 Å². The number of aromatic nitrogens is 2. The van der Waals surface area contributed by atoms with Crippen LogP contribution in [0.4, 0.5) is 11.5 Å². The molecule has 4 aromatic rings. The highest BCUT2D eigenvalue weighted by Crippen LogP contribution is 2.37. The highest BCUT2D eigenvalue weighted by Gasteiger charge is 2.17. The van der Waals surface area contributed by atoms with Crippen LogP contribution in [0.25, 0.3) is 15.9 Å². The Balaban J connectivity index is 1.95. The van der Waals surface area contributed by atoms with E-state index in [0.717, 1.165) is 11.1 Å². The third-order valence-corrected chi connectivity index (χ3v) is 5.13. The fourth-order valence-corrected chi connectivity index (χ4v) is 3.94. The molecule has 5 nitrogen and oxygen atoms in total. The smallest absolute Gasteiger partial charge is 0.256 e. The van der Waals surface area contributed by atoms with Crippen molar-refractivity contribution in [3.63, 3.8) is 0 Å². The summed E-state index contributed by atoms with van der Waals surface area (Å²) in [5.41, 5.74) is 1.22. The molecule has 26 heavy (non-hydrogen) atoms. The largest absolute Gasteiger partial charge is 0.338 e.